The first-order valence-electron chi connectivity index (χ1n) is 8.27. The number of piperazine rings is 1. The highest BCUT2D eigenvalue weighted by atomic mass is 19.2. The maximum atomic E-state index is 13.4. The van der Waals surface area contributed by atoms with E-state index in [0.717, 1.165) is 23.3 Å². The molecule has 0 radical (unpaired) electrons. The number of carbonyl (C=O) groups excluding carboxylic acids is 1. The molecule has 0 atom stereocenters. The van der Waals surface area contributed by atoms with Crippen molar-refractivity contribution in [2.75, 3.05) is 24.5 Å². The van der Waals surface area contributed by atoms with Gasteiger partial charge in [0, 0.05) is 32.9 Å². The molecule has 0 spiro atoms. The van der Waals surface area contributed by atoms with Crippen LogP contribution < -0.4 is 4.90 Å². The molecule has 6 nitrogen and oxygen atoms in total. The van der Waals surface area contributed by atoms with Crippen LogP contribution in [0.25, 0.3) is 11.2 Å². The van der Waals surface area contributed by atoms with E-state index in [1.165, 1.54) is 6.07 Å². The van der Waals surface area contributed by atoms with E-state index in [2.05, 4.69) is 9.97 Å². The minimum Gasteiger partial charge on any atom is -0.335 e. The average molecular weight is 357 g/mol. The van der Waals surface area contributed by atoms with E-state index in [-0.39, 0.29) is 19.0 Å². The zero-order valence-electron chi connectivity index (χ0n) is 14.2. The highest BCUT2D eigenvalue weighted by Crippen LogP contribution is 2.21. The van der Waals surface area contributed by atoms with Gasteiger partial charge in [-0.25, -0.2) is 18.7 Å². The second kappa shape index (κ2) is 6.36. The van der Waals surface area contributed by atoms with Gasteiger partial charge in [-0.2, -0.15) is 0 Å². The maximum absolute atomic E-state index is 13.4. The van der Waals surface area contributed by atoms with Crippen LogP contribution in [-0.2, 0) is 18.4 Å². The molecule has 1 saturated heterocycles. The van der Waals surface area contributed by atoms with Crippen LogP contribution in [-0.4, -0.2) is 45.0 Å². The summed E-state index contributed by atoms with van der Waals surface area (Å²) in [5, 5.41) is 0. The first-order chi connectivity index (χ1) is 12.5. The summed E-state index contributed by atoms with van der Waals surface area (Å²) in [5.41, 5.74) is 2.11. The van der Waals surface area contributed by atoms with Gasteiger partial charge in [0.15, 0.2) is 17.3 Å². The van der Waals surface area contributed by atoms with Crippen LogP contribution in [0, 0.1) is 11.6 Å². The molecule has 3 aromatic rings. The number of halogens is 2. The minimum atomic E-state index is -0.902. The Morgan fingerprint density at radius 3 is 2.73 bits per heavy atom. The Bertz CT molecular complexity index is 987. The van der Waals surface area contributed by atoms with Gasteiger partial charge >= 0.3 is 0 Å². The van der Waals surface area contributed by atoms with Crippen molar-refractivity contribution in [2.24, 2.45) is 7.05 Å². The third kappa shape index (κ3) is 2.87. The first-order valence-corrected chi connectivity index (χ1v) is 8.27. The number of hydrogen-bond acceptors (Lipinski definition) is 4. The quantitative estimate of drug-likeness (QED) is 0.720. The fourth-order valence-corrected chi connectivity index (χ4v) is 3.20. The molecule has 26 heavy (non-hydrogen) atoms. The van der Waals surface area contributed by atoms with Gasteiger partial charge in [-0.3, -0.25) is 9.36 Å². The van der Waals surface area contributed by atoms with Gasteiger partial charge in [-0.1, -0.05) is 6.07 Å². The molecule has 2 aromatic heterocycles. The van der Waals surface area contributed by atoms with Gasteiger partial charge < -0.3 is 9.80 Å². The number of amides is 1. The number of carbonyl (C=O) groups is 1. The van der Waals surface area contributed by atoms with E-state index in [9.17, 15) is 13.6 Å². The lowest BCUT2D eigenvalue weighted by Gasteiger charge is -2.34. The molecule has 0 unspecified atom stereocenters. The van der Waals surface area contributed by atoms with Crippen molar-refractivity contribution < 1.29 is 13.6 Å². The summed E-state index contributed by atoms with van der Waals surface area (Å²) in [7, 11) is 1.87. The van der Waals surface area contributed by atoms with E-state index in [4.69, 9.17) is 0 Å². The Balaban J connectivity index is 1.50. The summed E-state index contributed by atoms with van der Waals surface area (Å²) >= 11 is 0. The number of benzene rings is 1. The average Bonchev–Trinajstić information content (AvgIpc) is 2.97. The molecular weight excluding hydrogens is 340 g/mol. The zero-order valence-corrected chi connectivity index (χ0v) is 14.2. The third-order valence-corrected chi connectivity index (χ3v) is 4.56. The molecule has 1 fully saturated rings. The van der Waals surface area contributed by atoms with Crippen molar-refractivity contribution in [3.63, 3.8) is 0 Å². The van der Waals surface area contributed by atoms with E-state index < -0.39 is 11.6 Å². The molecule has 4 rings (SSSR count). The van der Waals surface area contributed by atoms with E-state index in [1.54, 1.807) is 11.1 Å². The number of nitrogens with zero attached hydrogens (tertiary/aromatic N) is 5. The predicted octanol–water partition coefficient (Wildman–Crippen LogP) is 2.10. The van der Waals surface area contributed by atoms with Gasteiger partial charge in [0.1, 0.15) is 5.52 Å². The van der Waals surface area contributed by atoms with Gasteiger partial charge in [-0.05, 0) is 29.8 Å². The van der Waals surface area contributed by atoms with Crippen molar-refractivity contribution >= 4 is 23.0 Å². The second-order valence-electron chi connectivity index (χ2n) is 6.30. The normalized spacial score (nSPS) is 15.1. The molecule has 0 N–H and O–H groups in total. The number of imidazole rings is 1. The Labute approximate surface area is 148 Å². The van der Waals surface area contributed by atoms with Crippen LogP contribution in [0.3, 0.4) is 0 Å². The number of rotatable bonds is 3. The Morgan fingerprint density at radius 2 is 2.00 bits per heavy atom. The molecule has 1 aromatic carbocycles. The standard InChI is InChI=1S/C18H17F2N5O/c1-23-17-15(3-2-6-21-17)22-18(23)25-8-7-24(16(26)11-25)10-12-4-5-13(19)14(20)9-12/h2-6,9H,7-8,10-11H2,1H3. The second-order valence-corrected chi connectivity index (χ2v) is 6.30. The minimum absolute atomic E-state index is 0.0824. The largest absolute Gasteiger partial charge is 0.335 e. The molecule has 1 amide bonds. The van der Waals surface area contributed by atoms with Crippen molar-refractivity contribution in [3.8, 4) is 0 Å². The lowest BCUT2D eigenvalue weighted by atomic mass is 10.2. The summed E-state index contributed by atoms with van der Waals surface area (Å²) in [4.78, 5) is 25.0. The summed E-state index contributed by atoms with van der Waals surface area (Å²) in [6.45, 7) is 1.52. The van der Waals surface area contributed by atoms with Crippen LogP contribution in [0.5, 0.6) is 0 Å². The molecule has 134 valence electrons. The molecular formula is C18H17F2N5O. The fraction of sp³-hybridized carbons (Fsp3) is 0.278. The molecule has 0 bridgehead atoms. The number of anilines is 1. The molecule has 1 aliphatic heterocycles. The maximum Gasteiger partial charge on any atom is 0.242 e. The molecule has 3 heterocycles. The van der Waals surface area contributed by atoms with Gasteiger partial charge in [0.2, 0.25) is 11.9 Å². The summed E-state index contributed by atoms with van der Waals surface area (Å²) in [6.07, 6.45) is 1.71. The van der Waals surface area contributed by atoms with Gasteiger partial charge in [0.05, 0.1) is 6.54 Å². The van der Waals surface area contributed by atoms with Crippen LogP contribution in [0.2, 0.25) is 0 Å². The van der Waals surface area contributed by atoms with Gasteiger partial charge in [0.25, 0.3) is 0 Å². The first kappa shape index (κ1) is 16.4. The van der Waals surface area contributed by atoms with Crippen LogP contribution in [0.4, 0.5) is 14.7 Å². The number of aryl methyl sites for hydroxylation is 1. The summed E-state index contributed by atoms with van der Waals surface area (Å²) < 4.78 is 28.3. The summed E-state index contributed by atoms with van der Waals surface area (Å²) in [5.74, 6) is -1.18. The number of fused-ring (bicyclic) bond motifs is 1. The third-order valence-electron chi connectivity index (χ3n) is 4.56. The van der Waals surface area contributed by atoms with Crippen LogP contribution >= 0.6 is 0 Å². The Hall–Kier alpha value is -3.03. The smallest absolute Gasteiger partial charge is 0.242 e. The highest BCUT2D eigenvalue weighted by Gasteiger charge is 2.27. The van der Waals surface area contributed by atoms with Gasteiger partial charge in [-0.15, -0.1) is 0 Å². The van der Waals surface area contributed by atoms with Crippen molar-refractivity contribution in [1.82, 2.24) is 19.4 Å². The number of hydrogen-bond donors (Lipinski definition) is 0. The predicted molar refractivity (Wildman–Crippen MR) is 92.5 cm³/mol. The Morgan fingerprint density at radius 1 is 1.15 bits per heavy atom. The lowest BCUT2D eigenvalue weighted by molar-refractivity contribution is -0.131. The molecule has 0 saturated carbocycles. The summed E-state index contributed by atoms with van der Waals surface area (Å²) in [6, 6.07) is 7.41. The zero-order chi connectivity index (χ0) is 18.3. The number of pyridine rings is 1. The fourth-order valence-electron chi connectivity index (χ4n) is 3.20. The van der Waals surface area contributed by atoms with E-state index >= 15 is 0 Å². The SMILES string of the molecule is Cn1c(N2CCN(Cc3ccc(F)c(F)c3)C(=O)C2)nc2cccnc21. The number of aromatic nitrogens is 3. The van der Waals surface area contributed by atoms with Crippen LogP contribution in [0.1, 0.15) is 5.56 Å². The molecule has 1 aliphatic rings. The van der Waals surface area contributed by atoms with E-state index in [1.807, 2.05) is 28.6 Å². The van der Waals surface area contributed by atoms with Crippen molar-refractivity contribution in [1.29, 1.82) is 0 Å². The topological polar surface area (TPSA) is 54.3 Å². The molecule has 8 heteroatoms. The molecule has 0 aliphatic carbocycles. The van der Waals surface area contributed by atoms with Crippen molar-refractivity contribution in [2.45, 2.75) is 6.54 Å². The monoisotopic (exact) mass is 357 g/mol. The van der Waals surface area contributed by atoms with Crippen molar-refractivity contribution in [3.05, 3.63) is 53.7 Å². The van der Waals surface area contributed by atoms with Crippen LogP contribution in [0.15, 0.2) is 36.5 Å². The Kier molecular flexibility index (Phi) is 4.02. The lowest BCUT2D eigenvalue weighted by Crippen LogP contribution is -2.50. The highest BCUT2D eigenvalue weighted by molar-refractivity contribution is 5.83. The van der Waals surface area contributed by atoms with E-state index in [0.29, 0.717) is 24.6 Å².